The monoisotopic (exact) mass is 246 g/mol. The molecule has 1 aromatic heterocycles. The molecule has 2 rings (SSSR count). The summed E-state index contributed by atoms with van der Waals surface area (Å²) in [5, 5.41) is 8.09. The van der Waals surface area contributed by atoms with Crippen LogP contribution < -0.4 is 4.74 Å². The first kappa shape index (κ1) is 12.5. The Morgan fingerprint density at radius 2 is 1.89 bits per heavy atom. The van der Waals surface area contributed by atoms with Gasteiger partial charge in [0, 0.05) is 11.6 Å². The lowest BCUT2D eigenvalue weighted by atomic mass is 10.1. The van der Waals surface area contributed by atoms with Gasteiger partial charge in [-0.3, -0.25) is 0 Å². The number of aryl methyl sites for hydroxylation is 1. The molecule has 3 nitrogen and oxygen atoms in total. The van der Waals surface area contributed by atoms with Gasteiger partial charge in [-0.2, -0.15) is 0 Å². The highest BCUT2D eigenvalue weighted by Gasteiger charge is 2.06. The third kappa shape index (κ3) is 2.83. The first-order chi connectivity index (χ1) is 8.56. The fraction of sp³-hybridized carbons (Fsp3) is 0.286. The van der Waals surface area contributed by atoms with E-state index >= 15 is 0 Å². The van der Waals surface area contributed by atoms with Crippen LogP contribution in [0.4, 0.5) is 4.39 Å². The number of hydrogen-bond acceptors (Lipinski definition) is 3. The van der Waals surface area contributed by atoms with Crippen molar-refractivity contribution in [3.05, 3.63) is 41.7 Å². The molecular formula is C14H15FN2O. The zero-order valence-electron chi connectivity index (χ0n) is 10.6. The lowest BCUT2D eigenvalue weighted by Crippen LogP contribution is -2.07. The Bertz CT molecular complexity index is 538. The van der Waals surface area contributed by atoms with Crippen molar-refractivity contribution in [3.63, 3.8) is 0 Å². The van der Waals surface area contributed by atoms with Crippen molar-refractivity contribution in [2.24, 2.45) is 0 Å². The maximum atomic E-state index is 13.0. The van der Waals surface area contributed by atoms with E-state index in [0.29, 0.717) is 11.6 Å². The van der Waals surface area contributed by atoms with Gasteiger partial charge in [-0.25, -0.2) is 4.39 Å². The smallest absolute Gasteiger partial charge is 0.233 e. The highest BCUT2D eigenvalue weighted by molar-refractivity contribution is 5.62. The molecule has 0 radical (unpaired) electrons. The van der Waals surface area contributed by atoms with Crippen LogP contribution in [0.5, 0.6) is 5.88 Å². The van der Waals surface area contributed by atoms with Gasteiger partial charge in [0.2, 0.25) is 5.88 Å². The van der Waals surface area contributed by atoms with Crippen molar-refractivity contribution in [2.45, 2.75) is 26.9 Å². The largest absolute Gasteiger partial charge is 0.474 e. The summed E-state index contributed by atoms with van der Waals surface area (Å²) in [7, 11) is 0. The predicted octanol–water partition coefficient (Wildman–Crippen LogP) is 3.38. The van der Waals surface area contributed by atoms with Gasteiger partial charge < -0.3 is 4.74 Å². The maximum Gasteiger partial charge on any atom is 0.233 e. The number of rotatable bonds is 3. The first-order valence-corrected chi connectivity index (χ1v) is 5.83. The van der Waals surface area contributed by atoms with Crippen LogP contribution in [-0.4, -0.2) is 16.3 Å². The molecule has 0 saturated carbocycles. The standard InChI is InChI=1S/C14H15FN2O/c1-9(2)18-14-7-6-13(16-17-14)12-5-4-11(15)8-10(12)3/h4-9H,1-3H3. The van der Waals surface area contributed by atoms with E-state index in [1.807, 2.05) is 26.8 Å². The molecule has 0 aliphatic heterocycles. The second-order valence-corrected chi connectivity index (χ2v) is 4.38. The maximum absolute atomic E-state index is 13.0. The van der Waals surface area contributed by atoms with Gasteiger partial charge >= 0.3 is 0 Å². The lowest BCUT2D eigenvalue weighted by Gasteiger charge is -2.09. The minimum atomic E-state index is -0.246. The van der Waals surface area contributed by atoms with Crippen LogP contribution in [0.15, 0.2) is 30.3 Å². The van der Waals surface area contributed by atoms with Crippen LogP contribution in [0.1, 0.15) is 19.4 Å². The van der Waals surface area contributed by atoms with Crippen molar-refractivity contribution in [2.75, 3.05) is 0 Å². The Balaban J connectivity index is 2.28. The molecule has 94 valence electrons. The lowest BCUT2D eigenvalue weighted by molar-refractivity contribution is 0.230. The number of benzene rings is 1. The molecule has 0 atom stereocenters. The molecule has 1 heterocycles. The molecular weight excluding hydrogens is 231 g/mol. The Morgan fingerprint density at radius 1 is 1.11 bits per heavy atom. The fourth-order valence-electron chi connectivity index (χ4n) is 1.68. The van der Waals surface area contributed by atoms with E-state index in [1.54, 1.807) is 12.1 Å². The molecule has 18 heavy (non-hydrogen) atoms. The number of nitrogens with zero attached hydrogens (tertiary/aromatic N) is 2. The summed E-state index contributed by atoms with van der Waals surface area (Å²) in [6.07, 6.45) is 0.0673. The molecule has 0 fully saturated rings. The summed E-state index contributed by atoms with van der Waals surface area (Å²) in [5.41, 5.74) is 2.42. The molecule has 0 unspecified atom stereocenters. The van der Waals surface area contributed by atoms with Gasteiger partial charge in [-0.05, 0) is 50.6 Å². The highest BCUT2D eigenvalue weighted by Crippen LogP contribution is 2.22. The van der Waals surface area contributed by atoms with Gasteiger partial charge in [0.15, 0.2) is 0 Å². The number of aromatic nitrogens is 2. The molecule has 0 aliphatic carbocycles. The SMILES string of the molecule is Cc1cc(F)ccc1-c1ccc(OC(C)C)nn1. The summed E-state index contributed by atoms with van der Waals surface area (Å²) in [5.74, 6) is 0.248. The number of hydrogen-bond donors (Lipinski definition) is 0. The van der Waals surface area contributed by atoms with Crippen molar-refractivity contribution in [1.29, 1.82) is 0 Å². The van der Waals surface area contributed by atoms with E-state index in [4.69, 9.17) is 4.74 Å². The van der Waals surface area contributed by atoms with E-state index in [2.05, 4.69) is 10.2 Å². The molecule has 4 heteroatoms. The minimum Gasteiger partial charge on any atom is -0.474 e. The van der Waals surface area contributed by atoms with E-state index in [0.717, 1.165) is 11.1 Å². The van der Waals surface area contributed by atoms with Gasteiger partial charge in [-0.1, -0.05) is 0 Å². The second-order valence-electron chi connectivity index (χ2n) is 4.38. The zero-order valence-corrected chi connectivity index (χ0v) is 10.6. The molecule has 0 bridgehead atoms. The molecule has 1 aromatic carbocycles. The van der Waals surface area contributed by atoms with Crippen LogP contribution in [0.3, 0.4) is 0 Å². The minimum absolute atomic E-state index is 0.0673. The molecule has 0 aliphatic rings. The van der Waals surface area contributed by atoms with Gasteiger partial charge in [0.1, 0.15) is 5.82 Å². The van der Waals surface area contributed by atoms with Crippen molar-refractivity contribution >= 4 is 0 Å². The Labute approximate surface area is 106 Å². The van der Waals surface area contributed by atoms with Crippen LogP contribution in [0, 0.1) is 12.7 Å². The zero-order chi connectivity index (χ0) is 13.1. The topological polar surface area (TPSA) is 35.0 Å². The van der Waals surface area contributed by atoms with Crippen LogP contribution in [0.2, 0.25) is 0 Å². The van der Waals surface area contributed by atoms with Gasteiger partial charge in [0.05, 0.1) is 11.8 Å². The van der Waals surface area contributed by atoms with Crippen molar-refractivity contribution < 1.29 is 9.13 Å². The summed E-state index contributed by atoms with van der Waals surface area (Å²) in [6, 6.07) is 8.20. The summed E-state index contributed by atoms with van der Waals surface area (Å²) >= 11 is 0. The first-order valence-electron chi connectivity index (χ1n) is 5.83. The predicted molar refractivity (Wildman–Crippen MR) is 67.9 cm³/mol. The van der Waals surface area contributed by atoms with Crippen LogP contribution in [-0.2, 0) is 0 Å². The normalized spacial score (nSPS) is 10.7. The van der Waals surface area contributed by atoms with Crippen molar-refractivity contribution in [3.8, 4) is 17.1 Å². The molecule has 0 spiro atoms. The average molecular weight is 246 g/mol. The molecule has 0 saturated heterocycles. The number of ether oxygens (including phenoxy) is 1. The highest BCUT2D eigenvalue weighted by atomic mass is 19.1. The summed E-state index contributed by atoms with van der Waals surface area (Å²) in [6.45, 7) is 5.71. The van der Waals surface area contributed by atoms with E-state index in [-0.39, 0.29) is 11.9 Å². The summed E-state index contributed by atoms with van der Waals surface area (Å²) in [4.78, 5) is 0. The van der Waals surface area contributed by atoms with E-state index in [1.165, 1.54) is 12.1 Å². The summed E-state index contributed by atoms with van der Waals surface area (Å²) < 4.78 is 18.4. The van der Waals surface area contributed by atoms with Crippen LogP contribution in [0.25, 0.3) is 11.3 Å². The number of halogens is 1. The second kappa shape index (κ2) is 5.12. The third-order valence-electron chi connectivity index (χ3n) is 2.46. The van der Waals surface area contributed by atoms with Crippen molar-refractivity contribution in [1.82, 2.24) is 10.2 Å². The van der Waals surface area contributed by atoms with Gasteiger partial charge in [0.25, 0.3) is 0 Å². The molecule has 2 aromatic rings. The molecule has 0 amide bonds. The Morgan fingerprint density at radius 3 is 2.44 bits per heavy atom. The average Bonchev–Trinajstić information content (AvgIpc) is 2.30. The van der Waals surface area contributed by atoms with E-state index in [9.17, 15) is 4.39 Å². The molecule has 0 N–H and O–H groups in total. The Hall–Kier alpha value is -1.97. The van der Waals surface area contributed by atoms with E-state index < -0.39 is 0 Å². The quantitative estimate of drug-likeness (QED) is 0.832. The van der Waals surface area contributed by atoms with Crippen LogP contribution >= 0.6 is 0 Å². The third-order valence-corrected chi connectivity index (χ3v) is 2.46. The Kier molecular flexibility index (Phi) is 3.55. The van der Waals surface area contributed by atoms with Gasteiger partial charge in [-0.15, -0.1) is 10.2 Å². The fourth-order valence-corrected chi connectivity index (χ4v) is 1.68.